The lowest BCUT2D eigenvalue weighted by Crippen LogP contribution is -2.20. The van der Waals surface area contributed by atoms with Crippen molar-refractivity contribution in [3.63, 3.8) is 0 Å². The number of anilines is 11. The van der Waals surface area contributed by atoms with Crippen LogP contribution < -0.4 is 62.5 Å². The van der Waals surface area contributed by atoms with Crippen LogP contribution in [0.15, 0.2) is 164 Å². The number of halogens is 13. The Morgan fingerprint density at radius 1 is 0.404 bits per heavy atom. The highest BCUT2D eigenvalue weighted by atomic mass is 35.5. The lowest BCUT2D eigenvalue weighted by molar-refractivity contribution is -0.138. The number of alkyl halides is 9. The smallest absolute Gasteiger partial charge is 0.419 e. The van der Waals surface area contributed by atoms with E-state index in [4.69, 9.17) is 31.5 Å². The van der Waals surface area contributed by atoms with E-state index in [1.54, 1.807) is 61.7 Å². The maximum Gasteiger partial charge on any atom is 0.419 e. The molecule has 0 unspecified atom stereocenters. The van der Waals surface area contributed by atoms with Crippen molar-refractivity contribution in [2.24, 2.45) is 0 Å². The minimum atomic E-state index is -4.71. The Labute approximate surface area is 533 Å². The molecule has 3 amide bonds. The van der Waals surface area contributed by atoms with Crippen molar-refractivity contribution in [1.29, 1.82) is 0 Å². The molecule has 0 aliphatic carbocycles. The van der Waals surface area contributed by atoms with Crippen molar-refractivity contribution in [2.45, 2.75) is 18.5 Å². The Morgan fingerprint density at radius 3 is 1.03 bits per heavy atom. The van der Waals surface area contributed by atoms with Crippen molar-refractivity contribution in [3.05, 3.63) is 220 Å². The zero-order valence-electron chi connectivity index (χ0n) is 49.9. The van der Waals surface area contributed by atoms with Gasteiger partial charge in [-0.3, -0.25) is 14.4 Å². The third-order valence-electron chi connectivity index (χ3n) is 12.5. The van der Waals surface area contributed by atoms with E-state index < -0.39 is 76.1 Å². The number of methoxy groups -OCH3 is 3. The Morgan fingerprint density at radius 2 is 0.723 bits per heavy atom. The molecule has 18 nitrogen and oxygen atoms in total. The molecule has 0 saturated carbocycles. The van der Waals surface area contributed by atoms with Crippen LogP contribution in [0.2, 0.25) is 5.15 Å². The summed E-state index contributed by atoms with van der Waals surface area (Å²) in [4.78, 5) is 46.9. The van der Waals surface area contributed by atoms with E-state index in [9.17, 15) is 67.1 Å². The van der Waals surface area contributed by atoms with Crippen LogP contribution in [0.3, 0.4) is 0 Å². The molecule has 0 radical (unpaired) electrons. The van der Waals surface area contributed by atoms with Crippen molar-refractivity contribution in [2.75, 3.05) is 74.8 Å². The number of nitrogens with zero attached hydrogens (tertiary/aromatic N) is 3. The van der Waals surface area contributed by atoms with Crippen LogP contribution in [0.1, 0.15) is 47.8 Å². The van der Waals surface area contributed by atoms with Crippen LogP contribution in [0.25, 0.3) is 0 Å². The molecule has 0 bridgehead atoms. The molecule has 9 aromatic rings. The fourth-order valence-corrected chi connectivity index (χ4v) is 8.24. The summed E-state index contributed by atoms with van der Waals surface area (Å²) in [6.45, 7) is 0. The number of rotatable bonds is 16. The standard InChI is InChI=1S/2C21H18F4N4O2.C14H10ClF4N3O.C7H9NO/c2*1-26-20(30)15-8-12(22)6-7-17(15)29-18-10-19(27-11-16(18)21(23,24)25)28-13-4-3-5-14(9-13)31-2;1-20-13(23)8-4-7(16)2-3-10(8)22-11-5-12(15)21-6-9(11)14(17,18)19;1-9-7-4-2-3-6(8)5-7/h2*3-11H,1-2H3,(H,26,30)(H2,27,28,29);2-6H,1H3,(H,20,23)(H,21,22);2-5H,8H2,1H3. The van der Waals surface area contributed by atoms with Crippen molar-refractivity contribution in [3.8, 4) is 17.2 Å². The second-order valence-corrected chi connectivity index (χ2v) is 19.3. The lowest BCUT2D eigenvalue weighted by Gasteiger charge is -2.18. The molecule has 0 fully saturated rings. The number of carbonyl (C=O) groups excluding carboxylic acids is 3. The summed E-state index contributed by atoms with van der Waals surface area (Å²) in [7, 11) is 8.59. The highest BCUT2D eigenvalue weighted by molar-refractivity contribution is 6.29. The van der Waals surface area contributed by atoms with Gasteiger partial charge in [0.25, 0.3) is 17.7 Å². The van der Waals surface area contributed by atoms with Crippen LogP contribution in [-0.4, -0.2) is 75.1 Å². The van der Waals surface area contributed by atoms with Gasteiger partial charge in [0.05, 0.1) is 88.8 Å². The molecular formula is C63H55ClF12N12O6. The van der Waals surface area contributed by atoms with E-state index >= 15 is 0 Å². The quantitative estimate of drug-likeness (QED) is 0.0248. The minimum absolute atomic E-state index is 0.00137. The average molecular weight is 1340 g/mol. The van der Waals surface area contributed by atoms with Gasteiger partial charge in [-0.2, -0.15) is 39.5 Å². The maximum absolute atomic E-state index is 13.6. The van der Waals surface area contributed by atoms with Gasteiger partial charge in [0, 0.05) is 87.1 Å². The number of nitrogens with one attached hydrogen (secondary N) is 8. The highest BCUT2D eigenvalue weighted by Crippen LogP contribution is 2.41. The van der Waals surface area contributed by atoms with Crippen LogP contribution in [-0.2, 0) is 18.5 Å². The molecule has 0 spiro atoms. The topological polar surface area (TPSA) is 240 Å². The molecule has 3 aromatic heterocycles. The van der Waals surface area contributed by atoms with Gasteiger partial charge in [0.1, 0.15) is 51.5 Å². The molecule has 31 heteroatoms. The van der Waals surface area contributed by atoms with Gasteiger partial charge in [0.15, 0.2) is 0 Å². The van der Waals surface area contributed by atoms with Crippen LogP contribution >= 0.6 is 11.6 Å². The van der Waals surface area contributed by atoms with Crippen molar-refractivity contribution < 1.29 is 81.3 Å². The number of aromatic nitrogens is 3. The van der Waals surface area contributed by atoms with Gasteiger partial charge >= 0.3 is 18.5 Å². The zero-order valence-corrected chi connectivity index (χ0v) is 50.6. The zero-order chi connectivity index (χ0) is 69.1. The van der Waals surface area contributed by atoms with Crippen molar-refractivity contribution >= 4 is 92.1 Å². The lowest BCUT2D eigenvalue weighted by atomic mass is 10.1. The number of carbonyl (C=O) groups is 3. The summed E-state index contributed by atoms with van der Waals surface area (Å²) < 4.78 is 176. The number of nitrogen functional groups attached to an aromatic ring is 1. The largest absolute Gasteiger partial charge is 0.497 e. The summed E-state index contributed by atoms with van der Waals surface area (Å²) in [5.41, 5.74) is 2.59. The molecule has 494 valence electrons. The summed E-state index contributed by atoms with van der Waals surface area (Å²) in [5, 5.41) is 20.2. The number of pyridine rings is 3. The molecule has 3 heterocycles. The first kappa shape index (κ1) is 71.9. The van der Waals surface area contributed by atoms with Gasteiger partial charge in [-0.05, 0) is 97.1 Å². The number of amides is 3. The Bertz CT molecular complexity index is 3950. The van der Waals surface area contributed by atoms with Crippen LogP contribution in [0, 0.1) is 17.5 Å². The van der Waals surface area contributed by atoms with E-state index in [-0.39, 0.29) is 61.9 Å². The molecule has 0 atom stereocenters. The molecule has 10 N–H and O–H groups in total. The predicted molar refractivity (Wildman–Crippen MR) is 332 cm³/mol. The summed E-state index contributed by atoms with van der Waals surface area (Å²) >= 11 is 5.63. The first-order chi connectivity index (χ1) is 44.5. The van der Waals surface area contributed by atoms with E-state index in [0.29, 0.717) is 41.5 Å². The van der Waals surface area contributed by atoms with Crippen molar-refractivity contribution in [1.82, 2.24) is 30.9 Å². The summed E-state index contributed by atoms with van der Waals surface area (Å²) in [6, 6.07) is 33.5. The van der Waals surface area contributed by atoms with Crippen LogP contribution in [0.5, 0.6) is 17.2 Å². The fraction of sp³-hybridized carbons (Fsp3) is 0.143. The average Bonchev–Trinajstić information content (AvgIpc) is 0.819. The third kappa shape index (κ3) is 20.4. The Balaban J connectivity index is 0.000000211. The Kier molecular flexibility index (Phi) is 24.6. The van der Waals surface area contributed by atoms with Gasteiger partial charge in [-0.25, -0.2) is 28.1 Å². The molecule has 94 heavy (non-hydrogen) atoms. The molecule has 0 aliphatic rings. The molecule has 6 aromatic carbocycles. The van der Waals surface area contributed by atoms with Gasteiger partial charge in [0.2, 0.25) is 0 Å². The minimum Gasteiger partial charge on any atom is -0.497 e. The molecule has 0 aliphatic heterocycles. The van der Waals surface area contributed by atoms with Gasteiger partial charge in [-0.15, -0.1) is 0 Å². The van der Waals surface area contributed by atoms with Gasteiger partial charge < -0.3 is 62.5 Å². The molecule has 9 rings (SSSR count). The predicted octanol–water partition coefficient (Wildman–Crippen LogP) is 15.5. The van der Waals surface area contributed by atoms with E-state index in [0.717, 1.165) is 72.1 Å². The second-order valence-electron chi connectivity index (χ2n) is 18.9. The van der Waals surface area contributed by atoms with Gasteiger partial charge in [-0.1, -0.05) is 29.8 Å². The van der Waals surface area contributed by atoms with E-state index in [1.807, 2.05) is 18.2 Å². The Hall–Kier alpha value is -11.2. The number of ether oxygens (including phenoxy) is 3. The summed E-state index contributed by atoms with van der Waals surface area (Å²) in [5.74, 6) is -1.91. The van der Waals surface area contributed by atoms with Crippen LogP contribution in [0.4, 0.5) is 116 Å². The molecule has 0 saturated heterocycles. The maximum atomic E-state index is 13.6. The van der Waals surface area contributed by atoms with E-state index in [1.165, 1.54) is 47.5 Å². The number of nitrogens with two attached hydrogens (primary N) is 1. The number of hydrogen-bond donors (Lipinski definition) is 9. The molecular weight excluding hydrogens is 1280 g/mol. The number of hydrogen-bond acceptors (Lipinski definition) is 15. The fourth-order valence-electron chi connectivity index (χ4n) is 8.08. The van der Waals surface area contributed by atoms with E-state index in [2.05, 4.69) is 57.5 Å². The number of benzene rings is 6. The SMILES string of the molecule is CNC(=O)c1cc(F)ccc1Nc1cc(Cl)ncc1C(F)(F)F.CNC(=O)c1cc(F)ccc1Nc1cc(Nc2cccc(OC)c2)ncc1C(F)(F)F.CNC(=O)c1cc(F)ccc1Nc1cc(Nc2cccc(OC)c2)ncc1C(F)(F)F.COc1cccc(N)c1. The third-order valence-corrected chi connectivity index (χ3v) is 12.7. The summed E-state index contributed by atoms with van der Waals surface area (Å²) in [6.07, 6.45) is -12.2. The normalized spacial score (nSPS) is 10.9. The second kappa shape index (κ2) is 32.2. The first-order valence-corrected chi connectivity index (χ1v) is 27.3. The first-order valence-electron chi connectivity index (χ1n) is 26.9. The monoisotopic (exact) mass is 1340 g/mol. The highest BCUT2D eigenvalue weighted by Gasteiger charge is 2.37.